The highest BCUT2D eigenvalue weighted by molar-refractivity contribution is 6.04. The van der Waals surface area contributed by atoms with Gasteiger partial charge in [-0.3, -0.25) is 19.4 Å². The van der Waals surface area contributed by atoms with Crippen LogP contribution in [0.2, 0.25) is 0 Å². The molecule has 3 N–H and O–H groups in total. The fourth-order valence-electron chi connectivity index (χ4n) is 5.13. The molecule has 3 heterocycles. The van der Waals surface area contributed by atoms with E-state index < -0.39 is 11.2 Å². The number of fused-ring (bicyclic) bond motifs is 1. The standard InChI is InChI=1S/C26H27FN4O4/c1-15(32)16-14-31-23-19(24(16)34)21(28)20(27)22(25(23)35-13-10-26(31)8-5-9-26)30-12-4-7-18(33)17-6-2-3-11-29-17/h2-3,6,11,14,30H,4-5,7-10,12-13,28H2,1H3. The molecule has 9 heteroatoms. The zero-order valence-electron chi connectivity index (χ0n) is 19.5. The summed E-state index contributed by atoms with van der Waals surface area (Å²) in [5, 5.41) is 3.03. The van der Waals surface area contributed by atoms with E-state index in [9.17, 15) is 14.4 Å². The average Bonchev–Trinajstić information content (AvgIpc) is 3.00. The number of aromatic nitrogens is 2. The summed E-state index contributed by atoms with van der Waals surface area (Å²) in [6.07, 6.45) is 7.28. The Morgan fingerprint density at radius 3 is 2.74 bits per heavy atom. The number of halogens is 1. The Morgan fingerprint density at radius 2 is 2.09 bits per heavy atom. The Bertz CT molecular complexity index is 1400. The van der Waals surface area contributed by atoms with Crippen molar-refractivity contribution in [2.75, 3.05) is 24.2 Å². The van der Waals surface area contributed by atoms with E-state index in [0.29, 0.717) is 30.7 Å². The van der Waals surface area contributed by atoms with Crippen molar-refractivity contribution in [3.8, 4) is 5.75 Å². The van der Waals surface area contributed by atoms with Crippen molar-refractivity contribution in [3.05, 3.63) is 57.9 Å². The van der Waals surface area contributed by atoms with Gasteiger partial charge in [0.1, 0.15) is 11.4 Å². The summed E-state index contributed by atoms with van der Waals surface area (Å²) in [6, 6.07) is 5.15. The Labute approximate surface area is 201 Å². The lowest BCUT2D eigenvalue weighted by atomic mass is 9.74. The fourth-order valence-corrected chi connectivity index (χ4v) is 5.13. The number of ketones is 2. The summed E-state index contributed by atoms with van der Waals surface area (Å²) in [6.45, 7) is 1.96. The lowest BCUT2D eigenvalue weighted by Crippen LogP contribution is -2.42. The van der Waals surface area contributed by atoms with Crippen molar-refractivity contribution in [2.24, 2.45) is 0 Å². The monoisotopic (exact) mass is 478 g/mol. The van der Waals surface area contributed by atoms with Crippen molar-refractivity contribution in [1.82, 2.24) is 9.55 Å². The van der Waals surface area contributed by atoms with E-state index in [0.717, 1.165) is 19.3 Å². The Hall–Kier alpha value is -3.75. The molecule has 35 heavy (non-hydrogen) atoms. The number of hydrogen-bond donors (Lipinski definition) is 2. The number of nitrogens with one attached hydrogen (secondary N) is 1. The number of hydrogen-bond acceptors (Lipinski definition) is 7. The Balaban J connectivity index is 1.54. The third-order valence-electron chi connectivity index (χ3n) is 7.20. The largest absolute Gasteiger partial charge is 0.489 e. The fraction of sp³-hybridized carbons (Fsp3) is 0.385. The summed E-state index contributed by atoms with van der Waals surface area (Å²) in [5.74, 6) is -1.06. The lowest BCUT2D eigenvalue weighted by molar-refractivity contribution is 0.0974. The molecule has 1 aromatic carbocycles. The van der Waals surface area contributed by atoms with Gasteiger partial charge < -0.3 is 20.4 Å². The van der Waals surface area contributed by atoms with Crippen LogP contribution in [0.4, 0.5) is 15.8 Å². The maximum atomic E-state index is 15.5. The molecule has 0 unspecified atom stereocenters. The molecule has 0 saturated heterocycles. The molecule has 1 aliphatic carbocycles. The van der Waals surface area contributed by atoms with Gasteiger partial charge in [-0.1, -0.05) is 6.07 Å². The molecule has 1 saturated carbocycles. The van der Waals surface area contributed by atoms with Gasteiger partial charge in [0.05, 0.1) is 28.8 Å². The van der Waals surface area contributed by atoms with Crippen LogP contribution in [0.5, 0.6) is 5.75 Å². The summed E-state index contributed by atoms with van der Waals surface area (Å²) in [7, 11) is 0. The third kappa shape index (κ3) is 3.75. The summed E-state index contributed by atoms with van der Waals surface area (Å²) in [5.41, 5.74) is 5.86. The van der Waals surface area contributed by atoms with Crippen molar-refractivity contribution in [1.29, 1.82) is 0 Å². The molecule has 1 spiro atoms. The number of carbonyl (C=O) groups is 2. The van der Waals surface area contributed by atoms with E-state index in [1.165, 1.54) is 6.92 Å². The van der Waals surface area contributed by atoms with E-state index in [2.05, 4.69) is 10.3 Å². The van der Waals surface area contributed by atoms with E-state index in [4.69, 9.17) is 10.5 Å². The van der Waals surface area contributed by atoms with E-state index in [-0.39, 0.29) is 58.1 Å². The zero-order valence-corrected chi connectivity index (χ0v) is 19.5. The van der Waals surface area contributed by atoms with Crippen LogP contribution >= 0.6 is 0 Å². The van der Waals surface area contributed by atoms with Crippen molar-refractivity contribution < 1.29 is 18.7 Å². The minimum absolute atomic E-state index is 0.00327. The number of pyridine rings is 2. The van der Waals surface area contributed by atoms with Gasteiger partial charge in [0, 0.05) is 37.3 Å². The third-order valence-corrected chi connectivity index (χ3v) is 7.20. The smallest absolute Gasteiger partial charge is 0.202 e. The molecule has 0 atom stereocenters. The number of nitrogens with zero attached hydrogens (tertiary/aromatic N) is 2. The van der Waals surface area contributed by atoms with Gasteiger partial charge in [0.2, 0.25) is 5.43 Å². The van der Waals surface area contributed by atoms with Crippen LogP contribution in [0, 0.1) is 5.82 Å². The summed E-state index contributed by atoms with van der Waals surface area (Å²) in [4.78, 5) is 41.9. The van der Waals surface area contributed by atoms with Crippen molar-refractivity contribution >= 4 is 33.8 Å². The van der Waals surface area contributed by atoms with Crippen LogP contribution in [-0.4, -0.2) is 34.3 Å². The van der Waals surface area contributed by atoms with Gasteiger partial charge in [0.25, 0.3) is 0 Å². The first-order valence-corrected chi connectivity index (χ1v) is 11.9. The molecule has 2 aliphatic rings. The molecule has 8 nitrogen and oxygen atoms in total. The van der Waals surface area contributed by atoms with Crippen LogP contribution in [-0.2, 0) is 5.54 Å². The van der Waals surface area contributed by atoms with Gasteiger partial charge in [0.15, 0.2) is 23.1 Å². The summed E-state index contributed by atoms with van der Waals surface area (Å²) < 4.78 is 23.5. The second-order valence-corrected chi connectivity index (χ2v) is 9.30. The van der Waals surface area contributed by atoms with Gasteiger partial charge in [-0.2, -0.15) is 0 Å². The molecule has 0 bridgehead atoms. The first-order valence-electron chi connectivity index (χ1n) is 11.9. The first kappa shape index (κ1) is 23.0. The highest BCUT2D eigenvalue weighted by atomic mass is 19.1. The zero-order chi connectivity index (χ0) is 24.7. The second kappa shape index (κ2) is 8.79. The Kier molecular flexibility index (Phi) is 5.78. The van der Waals surface area contributed by atoms with Crippen molar-refractivity contribution in [2.45, 2.75) is 51.0 Å². The number of Topliss-reactive ketones (excluding diaryl/α,β-unsaturated/α-hetero) is 2. The van der Waals surface area contributed by atoms with Gasteiger partial charge >= 0.3 is 0 Å². The first-order chi connectivity index (χ1) is 16.8. The second-order valence-electron chi connectivity index (χ2n) is 9.30. The van der Waals surface area contributed by atoms with Crippen LogP contribution in [0.1, 0.15) is 66.3 Å². The molecule has 0 amide bonds. The minimum atomic E-state index is -0.794. The molecular weight excluding hydrogens is 451 g/mol. The molecule has 3 aromatic rings. The maximum absolute atomic E-state index is 15.5. The molecule has 5 rings (SSSR count). The number of benzene rings is 1. The van der Waals surface area contributed by atoms with Crippen LogP contribution in [0.25, 0.3) is 10.9 Å². The van der Waals surface area contributed by atoms with Crippen LogP contribution < -0.4 is 21.2 Å². The van der Waals surface area contributed by atoms with E-state index in [1.54, 1.807) is 30.6 Å². The normalized spacial score (nSPS) is 15.8. The van der Waals surface area contributed by atoms with Crippen LogP contribution in [0.3, 0.4) is 0 Å². The molecule has 1 aliphatic heterocycles. The lowest BCUT2D eigenvalue weighted by Gasteiger charge is -2.44. The number of carbonyl (C=O) groups excluding carboxylic acids is 2. The van der Waals surface area contributed by atoms with Crippen LogP contribution in [0.15, 0.2) is 35.4 Å². The van der Waals surface area contributed by atoms with Gasteiger partial charge in [-0.05, 0) is 44.7 Å². The average molecular weight is 479 g/mol. The Morgan fingerprint density at radius 1 is 1.29 bits per heavy atom. The summed E-state index contributed by atoms with van der Waals surface area (Å²) >= 11 is 0. The molecule has 2 aromatic heterocycles. The highest BCUT2D eigenvalue weighted by Gasteiger charge is 2.42. The SMILES string of the molecule is CC(=O)c1cn2c3c(c(NCCCC(=O)c4ccccn4)c(F)c(N)c3c1=O)OCCC21CCC1. The number of anilines is 2. The van der Waals surface area contributed by atoms with Crippen molar-refractivity contribution in [3.63, 3.8) is 0 Å². The maximum Gasteiger partial charge on any atom is 0.202 e. The predicted molar refractivity (Wildman–Crippen MR) is 131 cm³/mol. The quantitative estimate of drug-likeness (QED) is 0.299. The topological polar surface area (TPSA) is 116 Å². The number of ether oxygens (including phenoxy) is 1. The number of nitrogens with two attached hydrogens (primary N) is 1. The molecule has 1 fully saturated rings. The predicted octanol–water partition coefficient (Wildman–Crippen LogP) is 4.06. The van der Waals surface area contributed by atoms with Gasteiger partial charge in [-0.25, -0.2) is 4.39 Å². The molecule has 0 radical (unpaired) electrons. The van der Waals surface area contributed by atoms with E-state index >= 15 is 4.39 Å². The van der Waals surface area contributed by atoms with Gasteiger partial charge in [-0.15, -0.1) is 0 Å². The molecule has 182 valence electrons. The van der Waals surface area contributed by atoms with E-state index in [1.807, 2.05) is 4.57 Å². The molecular formula is C26H27FN4O4. The number of rotatable bonds is 7. The minimum Gasteiger partial charge on any atom is -0.489 e. The number of nitrogen functional groups attached to an aromatic ring is 1. The highest BCUT2D eigenvalue weighted by Crippen LogP contribution is 2.50.